The fourth-order valence-electron chi connectivity index (χ4n) is 2.98. The fraction of sp³-hybridized carbons (Fsp3) is 0.250. The lowest BCUT2D eigenvalue weighted by Crippen LogP contribution is -2.28. The largest absolute Gasteiger partial charge is 0.334 e. The van der Waals surface area contributed by atoms with Crippen molar-refractivity contribution in [1.29, 1.82) is 0 Å². The third kappa shape index (κ3) is 3.97. The van der Waals surface area contributed by atoms with E-state index in [1.165, 1.54) is 5.56 Å². The molecule has 0 saturated heterocycles. The summed E-state index contributed by atoms with van der Waals surface area (Å²) in [6, 6.07) is 10.0. The highest BCUT2D eigenvalue weighted by Gasteiger charge is 2.14. The molecule has 128 valence electrons. The van der Waals surface area contributed by atoms with E-state index in [2.05, 4.69) is 29.0 Å². The van der Waals surface area contributed by atoms with Crippen LogP contribution in [0, 0.1) is 13.8 Å². The van der Waals surface area contributed by atoms with E-state index >= 15 is 0 Å². The molecule has 25 heavy (non-hydrogen) atoms. The molecule has 0 saturated carbocycles. The molecule has 4 nitrogen and oxygen atoms in total. The molecule has 0 bridgehead atoms. The molecule has 1 amide bonds. The topological polar surface area (TPSA) is 46.1 Å². The highest BCUT2D eigenvalue weighted by atomic mass is 35.5. The zero-order valence-electron chi connectivity index (χ0n) is 14.6. The number of nitrogens with zero attached hydrogens (tertiary/aromatic N) is 3. The van der Waals surface area contributed by atoms with Gasteiger partial charge in [-0.1, -0.05) is 29.3 Å². The van der Waals surface area contributed by atoms with E-state index in [1.807, 2.05) is 25.1 Å². The number of carbonyl (C=O) groups is 1. The van der Waals surface area contributed by atoms with Crippen LogP contribution in [0.5, 0.6) is 0 Å². The summed E-state index contributed by atoms with van der Waals surface area (Å²) in [5, 5.41) is 1.48. The van der Waals surface area contributed by atoms with E-state index in [0.717, 1.165) is 27.6 Å². The minimum absolute atomic E-state index is 0.0135. The number of hydrogen-bond donors (Lipinski definition) is 0. The average molecular weight is 354 g/mol. The minimum atomic E-state index is -0.0135. The van der Waals surface area contributed by atoms with E-state index < -0.39 is 0 Å². The highest BCUT2D eigenvalue weighted by Crippen LogP contribution is 2.25. The molecule has 5 heteroatoms. The second-order valence-electron chi connectivity index (χ2n) is 6.33. The lowest BCUT2D eigenvalue weighted by molar-refractivity contribution is -0.130. The molecule has 0 unspecified atom stereocenters. The summed E-state index contributed by atoms with van der Waals surface area (Å²) in [6.45, 7) is 6.56. The van der Waals surface area contributed by atoms with Crippen LogP contribution in [0.2, 0.25) is 5.15 Å². The van der Waals surface area contributed by atoms with Crippen LogP contribution in [0.3, 0.4) is 0 Å². The predicted molar refractivity (Wildman–Crippen MR) is 100 cm³/mol. The summed E-state index contributed by atoms with van der Waals surface area (Å²) in [5.74, 6) is -0.0135. The zero-order valence-corrected chi connectivity index (χ0v) is 15.3. The molecule has 0 N–H and O–H groups in total. The standard InChI is InChI=1S/C20H20ClN3O/c1-13-7-14(2)19-17(8-13)9-18(20(21)23-19)12-24(15(3)25)11-16-5-4-6-22-10-16/h4-10H,11-12H2,1-3H3. The quantitative estimate of drug-likeness (QED) is 0.651. The number of aromatic nitrogens is 2. The number of rotatable bonds is 4. The third-order valence-electron chi connectivity index (χ3n) is 4.18. The van der Waals surface area contributed by atoms with Gasteiger partial charge in [0.15, 0.2) is 0 Å². The molecular weight excluding hydrogens is 334 g/mol. The average Bonchev–Trinajstić information content (AvgIpc) is 2.56. The number of carbonyl (C=O) groups excluding carboxylic acids is 1. The van der Waals surface area contributed by atoms with Crippen molar-refractivity contribution in [3.05, 3.63) is 70.1 Å². The fourth-order valence-corrected chi connectivity index (χ4v) is 3.18. The molecule has 0 radical (unpaired) electrons. The Hall–Kier alpha value is -2.46. The minimum Gasteiger partial charge on any atom is -0.334 e. The molecule has 2 heterocycles. The zero-order chi connectivity index (χ0) is 18.0. The van der Waals surface area contributed by atoms with Crippen LogP contribution in [-0.2, 0) is 17.9 Å². The van der Waals surface area contributed by atoms with Crippen LogP contribution in [0.25, 0.3) is 10.9 Å². The van der Waals surface area contributed by atoms with Gasteiger partial charge >= 0.3 is 0 Å². The molecule has 2 aromatic heterocycles. The van der Waals surface area contributed by atoms with Gasteiger partial charge in [0.05, 0.1) is 5.52 Å². The molecule has 3 rings (SSSR count). The first-order chi connectivity index (χ1) is 11.9. The van der Waals surface area contributed by atoms with E-state index in [4.69, 9.17) is 11.6 Å². The Morgan fingerprint density at radius 2 is 2.00 bits per heavy atom. The van der Waals surface area contributed by atoms with Crippen molar-refractivity contribution in [1.82, 2.24) is 14.9 Å². The summed E-state index contributed by atoms with van der Waals surface area (Å²) in [4.78, 5) is 22.5. The molecule has 0 aliphatic carbocycles. The molecule has 1 aromatic carbocycles. The summed E-state index contributed by atoms with van der Waals surface area (Å²) < 4.78 is 0. The summed E-state index contributed by atoms with van der Waals surface area (Å²) >= 11 is 6.41. The lowest BCUT2D eigenvalue weighted by atomic mass is 10.1. The Balaban J connectivity index is 1.94. The molecule has 3 aromatic rings. The number of halogens is 1. The number of aryl methyl sites for hydroxylation is 2. The van der Waals surface area contributed by atoms with Crippen LogP contribution in [0.1, 0.15) is 29.2 Å². The maximum atomic E-state index is 12.1. The molecule has 0 aliphatic heterocycles. The molecule has 0 atom stereocenters. The first-order valence-corrected chi connectivity index (χ1v) is 8.52. The number of amides is 1. The van der Waals surface area contributed by atoms with E-state index in [9.17, 15) is 4.79 Å². The molecule has 0 spiro atoms. The first-order valence-electron chi connectivity index (χ1n) is 8.15. The smallest absolute Gasteiger partial charge is 0.220 e. The Labute approximate surface area is 152 Å². The predicted octanol–water partition coefficient (Wildman–Crippen LogP) is 4.45. The molecular formula is C20H20ClN3O. The first kappa shape index (κ1) is 17.4. The number of pyridine rings is 2. The summed E-state index contributed by atoms with van der Waals surface area (Å²) in [5.41, 5.74) is 5.01. The monoisotopic (exact) mass is 353 g/mol. The van der Waals surface area contributed by atoms with Crippen LogP contribution in [-0.4, -0.2) is 20.8 Å². The summed E-state index contributed by atoms with van der Waals surface area (Å²) in [6.07, 6.45) is 3.49. The van der Waals surface area contributed by atoms with Gasteiger partial charge in [-0.15, -0.1) is 0 Å². The Morgan fingerprint density at radius 3 is 2.68 bits per heavy atom. The van der Waals surface area contributed by atoms with Crippen molar-refractivity contribution in [3.8, 4) is 0 Å². The lowest BCUT2D eigenvalue weighted by Gasteiger charge is -2.22. The highest BCUT2D eigenvalue weighted by molar-refractivity contribution is 6.30. The molecule has 0 aliphatic rings. The van der Waals surface area contributed by atoms with Crippen LogP contribution >= 0.6 is 11.6 Å². The maximum absolute atomic E-state index is 12.1. The van der Waals surface area contributed by atoms with Gasteiger partial charge in [0.2, 0.25) is 5.91 Å². The van der Waals surface area contributed by atoms with Crippen molar-refractivity contribution in [3.63, 3.8) is 0 Å². The Morgan fingerprint density at radius 1 is 1.20 bits per heavy atom. The van der Waals surface area contributed by atoms with Gasteiger partial charge in [-0.25, -0.2) is 4.98 Å². The Kier molecular flexibility index (Phi) is 5.00. The van der Waals surface area contributed by atoms with E-state index in [-0.39, 0.29) is 5.91 Å². The maximum Gasteiger partial charge on any atom is 0.220 e. The van der Waals surface area contributed by atoms with Gasteiger partial charge in [-0.2, -0.15) is 0 Å². The van der Waals surface area contributed by atoms with Crippen molar-refractivity contribution >= 4 is 28.4 Å². The van der Waals surface area contributed by atoms with Gasteiger partial charge in [0, 0.05) is 43.4 Å². The van der Waals surface area contributed by atoms with Crippen molar-refractivity contribution in [2.24, 2.45) is 0 Å². The Bertz CT molecular complexity index is 925. The van der Waals surface area contributed by atoms with Crippen LogP contribution < -0.4 is 0 Å². The van der Waals surface area contributed by atoms with Crippen molar-refractivity contribution in [2.75, 3.05) is 0 Å². The van der Waals surface area contributed by atoms with Gasteiger partial charge in [0.1, 0.15) is 5.15 Å². The van der Waals surface area contributed by atoms with Gasteiger partial charge in [-0.3, -0.25) is 9.78 Å². The molecule has 0 fully saturated rings. The van der Waals surface area contributed by atoms with E-state index in [0.29, 0.717) is 18.2 Å². The number of hydrogen-bond acceptors (Lipinski definition) is 3. The summed E-state index contributed by atoms with van der Waals surface area (Å²) in [7, 11) is 0. The second-order valence-corrected chi connectivity index (χ2v) is 6.69. The number of fused-ring (bicyclic) bond motifs is 1. The van der Waals surface area contributed by atoms with Crippen molar-refractivity contribution < 1.29 is 4.79 Å². The SMILES string of the molecule is CC(=O)N(Cc1cccnc1)Cc1cc2cc(C)cc(C)c2nc1Cl. The van der Waals surface area contributed by atoms with Gasteiger partial charge < -0.3 is 4.90 Å². The van der Waals surface area contributed by atoms with Crippen LogP contribution in [0.4, 0.5) is 0 Å². The van der Waals surface area contributed by atoms with Gasteiger partial charge in [-0.05, 0) is 43.2 Å². The van der Waals surface area contributed by atoms with Crippen LogP contribution in [0.15, 0.2) is 42.7 Å². The third-order valence-corrected chi connectivity index (χ3v) is 4.51. The van der Waals surface area contributed by atoms with E-state index in [1.54, 1.807) is 24.2 Å². The van der Waals surface area contributed by atoms with Crippen molar-refractivity contribution in [2.45, 2.75) is 33.9 Å². The normalized spacial score (nSPS) is 10.9. The van der Waals surface area contributed by atoms with Gasteiger partial charge in [0.25, 0.3) is 0 Å². The number of benzene rings is 1. The second kappa shape index (κ2) is 7.19.